The Balaban J connectivity index is 1.31. The zero-order valence-corrected chi connectivity index (χ0v) is 21.5. The first-order valence-electron chi connectivity index (χ1n) is 11.0. The molecule has 1 aromatic heterocycles. The Labute approximate surface area is 209 Å². The van der Waals surface area contributed by atoms with Gasteiger partial charge in [0.05, 0.1) is 20.4 Å². The standard InChI is InChI=1S/C25H23Br2N3OS/c26-18-6-7-22-19(14-18)21-15-20(23-8-9-24(27)32-23)28-30(21)25(31-22)10-12-29(13-11-25)16-17-4-2-1-3-5-17/h1-9,14,21H,10-13,15-16H2/t21-/m1/s1. The average molecular weight is 573 g/mol. The van der Waals surface area contributed by atoms with Crippen molar-refractivity contribution in [1.29, 1.82) is 0 Å². The maximum Gasteiger partial charge on any atom is 0.200 e. The van der Waals surface area contributed by atoms with Crippen LogP contribution in [0.1, 0.15) is 41.3 Å². The lowest BCUT2D eigenvalue weighted by Gasteiger charge is -2.51. The van der Waals surface area contributed by atoms with Gasteiger partial charge in [-0.05, 0) is 51.8 Å². The van der Waals surface area contributed by atoms with E-state index in [0.29, 0.717) is 0 Å². The van der Waals surface area contributed by atoms with Gasteiger partial charge in [-0.15, -0.1) is 11.3 Å². The molecule has 0 N–H and O–H groups in total. The number of rotatable bonds is 3. The zero-order valence-electron chi connectivity index (χ0n) is 17.5. The predicted molar refractivity (Wildman–Crippen MR) is 136 cm³/mol. The highest BCUT2D eigenvalue weighted by Crippen LogP contribution is 2.51. The second-order valence-electron chi connectivity index (χ2n) is 8.71. The van der Waals surface area contributed by atoms with Crippen LogP contribution in [0, 0.1) is 0 Å². The second kappa shape index (κ2) is 8.28. The Bertz CT molecular complexity index is 1170. The summed E-state index contributed by atoms with van der Waals surface area (Å²) in [6, 6.07) is 21.6. The number of likely N-dealkylation sites (tertiary alicyclic amines) is 1. The van der Waals surface area contributed by atoms with Crippen LogP contribution in [0.4, 0.5) is 0 Å². The Hall–Kier alpha value is -1.67. The number of halogens is 2. The highest BCUT2D eigenvalue weighted by atomic mass is 79.9. The summed E-state index contributed by atoms with van der Waals surface area (Å²) in [5.41, 5.74) is 3.37. The fourth-order valence-corrected chi connectivity index (χ4v) is 6.86. The van der Waals surface area contributed by atoms with Gasteiger partial charge in [-0.25, -0.2) is 5.01 Å². The van der Waals surface area contributed by atoms with E-state index in [1.165, 1.54) is 16.0 Å². The normalized spacial score (nSPS) is 21.8. The second-order valence-corrected chi connectivity index (χ2v) is 12.1. The molecule has 3 aliphatic heterocycles. The van der Waals surface area contributed by atoms with Crippen molar-refractivity contribution in [2.45, 2.75) is 37.6 Å². The number of nitrogens with zero attached hydrogens (tertiary/aromatic N) is 3. The van der Waals surface area contributed by atoms with Gasteiger partial charge in [0.2, 0.25) is 5.72 Å². The van der Waals surface area contributed by atoms with Crippen LogP contribution in [0.25, 0.3) is 0 Å². The maximum atomic E-state index is 6.78. The third kappa shape index (κ3) is 3.73. The molecule has 1 fully saturated rings. The molecule has 0 unspecified atom stereocenters. The minimum Gasteiger partial charge on any atom is -0.466 e. The van der Waals surface area contributed by atoms with E-state index in [1.54, 1.807) is 11.3 Å². The van der Waals surface area contributed by atoms with E-state index in [-0.39, 0.29) is 11.8 Å². The van der Waals surface area contributed by atoms with Crippen LogP contribution in [0.15, 0.2) is 74.0 Å². The monoisotopic (exact) mass is 571 g/mol. The smallest absolute Gasteiger partial charge is 0.200 e. The number of hydrazone groups is 1. The fourth-order valence-electron chi connectivity index (χ4n) is 5.10. The molecule has 32 heavy (non-hydrogen) atoms. The Morgan fingerprint density at radius 2 is 1.84 bits per heavy atom. The molecule has 4 nitrogen and oxygen atoms in total. The summed E-state index contributed by atoms with van der Waals surface area (Å²) in [5.74, 6) is 1.01. The van der Waals surface area contributed by atoms with Crippen LogP contribution in [-0.4, -0.2) is 34.4 Å². The maximum absolute atomic E-state index is 6.78. The molecule has 1 saturated heterocycles. The van der Waals surface area contributed by atoms with Crippen molar-refractivity contribution in [3.05, 3.63) is 84.9 Å². The van der Waals surface area contributed by atoms with Crippen molar-refractivity contribution in [2.75, 3.05) is 13.1 Å². The molecule has 3 aromatic rings. The van der Waals surface area contributed by atoms with Gasteiger partial charge in [-0.3, -0.25) is 4.90 Å². The summed E-state index contributed by atoms with van der Waals surface area (Å²) in [6.45, 7) is 2.99. The lowest BCUT2D eigenvalue weighted by Crippen LogP contribution is -2.59. The lowest BCUT2D eigenvalue weighted by molar-refractivity contribution is -0.150. The topological polar surface area (TPSA) is 28.1 Å². The van der Waals surface area contributed by atoms with E-state index in [2.05, 4.69) is 102 Å². The Morgan fingerprint density at radius 1 is 1.03 bits per heavy atom. The summed E-state index contributed by atoms with van der Waals surface area (Å²) in [7, 11) is 0. The number of thiophene rings is 1. The van der Waals surface area contributed by atoms with E-state index < -0.39 is 0 Å². The lowest BCUT2D eigenvalue weighted by atomic mass is 9.91. The molecule has 2 aromatic carbocycles. The van der Waals surface area contributed by atoms with Crippen LogP contribution in [0.3, 0.4) is 0 Å². The minimum atomic E-state index is -0.380. The van der Waals surface area contributed by atoms with Crippen LogP contribution >= 0.6 is 43.2 Å². The Kier molecular flexibility index (Phi) is 5.41. The summed E-state index contributed by atoms with van der Waals surface area (Å²) >= 11 is 9.02. The van der Waals surface area contributed by atoms with Gasteiger partial charge in [0.15, 0.2) is 0 Å². The molecular weight excluding hydrogens is 550 g/mol. The number of hydrogen-bond donors (Lipinski definition) is 0. The van der Waals surface area contributed by atoms with Crippen molar-refractivity contribution < 1.29 is 4.74 Å². The van der Waals surface area contributed by atoms with Gasteiger partial charge in [-0.1, -0.05) is 46.3 Å². The molecule has 0 aliphatic carbocycles. The third-order valence-electron chi connectivity index (χ3n) is 6.70. The van der Waals surface area contributed by atoms with Crippen molar-refractivity contribution in [3.63, 3.8) is 0 Å². The van der Waals surface area contributed by atoms with E-state index in [0.717, 1.165) is 58.6 Å². The van der Waals surface area contributed by atoms with Gasteiger partial charge >= 0.3 is 0 Å². The van der Waals surface area contributed by atoms with Crippen LogP contribution in [-0.2, 0) is 6.54 Å². The summed E-state index contributed by atoms with van der Waals surface area (Å²) in [5, 5.41) is 7.49. The summed E-state index contributed by atoms with van der Waals surface area (Å²) in [6.07, 6.45) is 2.79. The molecule has 164 valence electrons. The minimum absolute atomic E-state index is 0.216. The zero-order chi connectivity index (χ0) is 21.7. The molecule has 6 rings (SSSR count). The van der Waals surface area contributed by atoms with Crippen LogP contribution in [0.2, 0.25) is 0 Å². The highest BCUT2D eigenvalue weighted by molar-refractivity contribution is 9.11. The molecule has 3 aliphatic rings. The summed E-state index contributed by atoms with van der Waals surface area (Å²) < 4.78 is 9.01. The fraction of sp³-hybridized carbons (Fsp3) is 0.320. The van der Waals surface area contributed by atoms with E-state index in [9.17, 15) is 0 Å². The van der Waals surface area contributed by atoms with Crippen LogP contribution < -0.4 is 4.74 Å². The molecule has 1 atom stereocenters. The number of benzene rings is 2. The van der Waals surface area contributed by atoms with Crippen molar-refractivity contribution >= 4 is 48.9 Å². The molecule has 0 bridgehead atoms. The van der Waals surface area contributed by atoms with Crippen molar-refractivity contribution in [1.82, 2.24) is 9.91 Å². The van der Waals surface area contributed by atoms with Gasteiger partial charge in [0.25, 0.3) is 0 Å². The SMILES string of the molecule is Brc1ccc2c(c1)[C@H]1CC(c3ccc(Br)s3)=NN1C1(CCN(Cc3ccccc3)CC1)O2. The molecule has 0 amide bonds. The highest BCUT2D eigenvalue weighted by Gasteiger charge is 2.51. The molecular formula is C25H23Br2N3OS. The third-order valence-corrected chi connectivity index (χ3v) is 8.87. The van der Waals surface area contributed by atoms with Gasteiger partial charge in [0.1, 0.15) is 5.75 Å². The number of hydrogen-bond acceptors (Lipinski definition) is 5. The molecule has 4 heterocycles. The molecule has 1 spiro atoms. The van der Waals surface area contributed by atoms with Gasteiger partial charge in [0, 0.05) is 48.9 Å². The Morgan fingerprint density at radius 3 is 2.59 bits per heavy atom. The molecule has 7 heteroatoms. The average Bonchev–Trinajstić information content (AvgIpc) is 3.44. The quantitative estimate of drug-likeness (QED) is 0.345. The van der Waals surface area contributed by atoms with Crippen molar-refractivity contribution in [3.8, 4) is 5.75 Å². The first kappa shape index (κ1) is 20.9. The van der Waals surface area contributed by atoms with Gasteiger partial charge in [-0.2, -0.15) is 5.10 Å². The molecule has 0 radical (unpaired) electrons. The first-order chi connectivity index (χ1) is 15.6. The van der Waals surface area contributed by atoms with Crippen molar-refractivity contribution in [2.24, 2.45) is 5.10 Å². The number of fused-ring (bicyclic) bond motifs is 4. The van der Waals surface area contributed by atoms with Gasteiger partial charge < -0.3 is 4.74 Å². The largest absolute Gasteiger partial charge is 0.466 e. The van der Waals surface area contributed by atoms with E-state index in [4.69, 9.17) is 9.84 Å². The number of piperidine rings is 1. The van der Waals surface area contributed by atoms with E-state index in [1.807, 2.05) is 0 Å². The van der Waals surface area contributed by atoms with E-state index >= 15 is 0 Å². The molecule has 0 saturated carbocycles. The predicted octanol–water partition coefficient (Wildman–Crippen LogP) is 6.81. The first-order valence-corrected chi connectivity index (χ1v) is 13.4. The van der Waals surface area contributed by atoms with Crippen LogP contribution in [0.5, 0.6) is 5.75 Å². The summed E-state index contributed by atoms with van der Waals surface area (Å²) in [4.78, 5) is 3.77. The number of ether oxygens (including phenoxy) is 1.